The molecule has 3 aromatic rings. The Morgan fingerprint density at radius 1 is 1.14 bits per heavy atom. The van der Waals surface area contributed by atoms with Gasteiger partial charge in [0.25, 0.3) is 11.8 Å². The minimum absolute atomic E-state index is 0.264. The lowest BCUT2D eigenvalue weighted by atomic mass is 10.1. The van der Waals surface area contributed by atoms with E-state index < -0.39 is 0 Å². The number of thiazole rings is 1. The SMILES string of the molecule is COc1cc(NC(=O)c2cnc(-c3cccs3)s2)c(C(=O)N(C)C)cc1OC. The number of rotatable bonds is 6. The third-order valence-corrected chi connectivity index (χ3v) is 5.91. The normalized spacial score (nSPS) is 10.4. The van der Waals surface area contributed by atoms with Crippen LogP contribution in [0.5, 0.6) is 11.5 Å². The van der Waals surface area contributed by atoms with Crippen molar-refractivity contribution in [2.24, 2.45) is 0 Å². The van der Waals surface area contributed by atoms with Gasteiger partial charge >= 0.3 is 0 Å². The van der Waals surface area contributed by atoms with Crippen LogP contribution in [-0.4, -0.2) is 50.0 Å². The van der Waals surface area contributed by atoms with Gasteiger partial charge in [-0.15, -0.1) is 22.7 Å². The number of thiophene rings is 1. The van der Waals surface area contributed by atoms with Crippen molar-refractivity contribution in [2.75, 3.05) is 33.6 Å². The van der Waals surface area contributed by atoms with Crippen LogP contribution in [0.3, 0.4) is 0 Å². The first-order chi connectivity index (χ1) is 13.4. The van der Waals surface area contributed by atoms with Crippen LogP contribution < -0.4 is 14.8 Å². The number of anilines is 1. The average molecular weight is 418 g/mol. The minimum atomic E-state index is -0.347. The summed E-state index contributed by atoms with van der Waals surface area (Å²) in [4.78, 5) is 32.5. The Bertz CT molecular complexity index is 997. The Kier molecular flexibility index (Phi) is 5.96. The van der Waals surface area contributed by atoms with E-state index in [2.05, 4.69) is 10.3 Å². The maximum absolute atomic E-state index is 12.8. The standard InChI is InChI=1S/C19H19N3O4S2/c1-22(2)19(24)11-8-13(25-3)14(26-4)9-12(11)21-17(23)16-10-20-18(28-16)15-6-5-7-27-15/h5-10H,1-4H3,(H,21,23). The molecule has 9 heteroatoms. The monoisotopic (exact) mass is 417 g/mol. The zero-order valence-electron chi connectivity index (χ0n) is 15.8. The van der Waals surface area contributed by atoms with Crippen LogP contribution in [0.1, 0.15) is 20.0 Å². The molecule has 0 aliphatic rings. The maximum atomic E-state index is 12.8. The van der Waals surface area contributed by atoms with Gasteiger partial charge in [-0.2, -0.15) is 0 Å². The molecule has 0 spiro atoms. The van der Waals surface area contributed by atoms with Crippen LogP contribution >= 0.6 is 22.7 Å². The molecule has 1 N–H and O–H groups in total. The Morgan fingerprint density at radius 3 is 2.46 bits per heavy atom. The molecular weight excluding hydrogens is 398 g/mol. The first-order valence-electron chi connectivity index (χ1n) is 8.23. The number of methoxy groups -OCH3 is 2. The molecule has 146 valence electrons. The van der Waals surface area contributed by atoms with Crippen molar-refractivity contribution in [2.45, 2.75) is 0 Å². The van der Waals surface area contributed by atoms with Crippen LogP contribution in [0, 0.1) is 0 Å². The van der Waals surface area contributed by atoms with Gasteiger partial charge in [-0.1, -0.05) is 6.07 Å². The predicted octanol–water partition coefficient (Wildman–Crippen LogP) is 3.84. The number of hydrogen-bond donors (Lipinski definition) is 1. The first-order valence-corrected chi connectivity index (χ1v) is 9.93. The number of carbonyl (C=O) groups is 2. The molecule has 0 atom stereocenters. The highest BCUT2D eigenvalue weighted by Crippen LogP contribution is 2.35. The molecule has 1 aromatic carbocycles. The summed E-state index contributed by atoms with van der Waals surface area (Å²) in [6.45, 7) is 0. The summed E-state index contributed by atoms with van der Waals surface area (Å²) in [6, 6.07) is 7.02. The molecule has 2 amide bonds. The molecule has 0 fully saturated rings. The summed E-state index contributed by atoms with van der Waals surface area (Å²) in [5, 5.41) is 5.53. The Balaban J connectivity index is 1.94. The van der Waals surface area contributed by atoms with Crippen molar-refractivity contribution >= 4 is 40.2 Å². The highest BCUT2D eigenvalue weighted by Gasteiger charge is 2.21. The fraction of sp³-hybridized carbons (Fsp3) is 0.211. The fourth-order valence-electron chi connectivity index (χ4n) is 2.48. The molecule has 0 saturated heterocycles. The van der Waals surface area contributed by atoms with E-state index in [0.29, 0.717) is 27.6 Å². The summed E-state index contributed by atoms with van der Waals surface area (Å²) in [5.41, 5.74) is 0.645. The number of ether oxygens (including phenoxy) is 2. The zero-order valence-corrected chi connectivity index (χ0v) is 17.4. The van der Waals surface area contributed by atoms with Gasteiger partial charge in [0.2, 0.25) is 0 Å². The molecule has 2 aromatic heterocycles. The molecule has 7 nitrogen and oxygen atoms in total. The van der Waals surface area contributed by atoms with Crippen molar-refractivity contribution in [1.82, 2.24) is 9.88 Å². The third-order valence-electron chi connectivity index (χ3n) is 3.87. The van der Waals surface area contributed by atoms with Gasteiger partial charge in [0.15, 0.2) is 11.5 Å². The van der Waals surface area contributed by atoms with Crippen LogP contribution in [0.4, 0.5) is 5.69 Å². The van der Waals surface area contributed by atoms with E-state index in [9.17, 15) is 9.59 Å². The Labute approximate surface area is 170 Å². The molecular formula is C19H19N3O4S2. The van der Waals surface area contributed by atoms with Gasteiger partial charge in [0, 0.05) is 20.2 Å². The number of aromatic nitrogens is 1. The van der Waals surface area contributed by atoms with Gasteiger partial charge in [-0.05, 0) is 17.5 Å². The van der Waals surface area contributed by atoms with E-state index in [0.717, 1.165) is 9.88 Å². The summed E-state index contributed by atoms with van der Waals surface area (Å²) in [5.74, 6) is 0.209. The summed E-state index contributed by atoms with van der Waals surface area (Å²) < 4.78 is 10.6. The second-order valence-electron chi connectivity index (χ2n) is 5.91. The summed E-state index contributed by atoms with van der Waals surface area (Å²) in [7, 11) is 6.26. The Hall–Kier alpha value is -2.91. The van der Waals surface area contributed by atoms with Crippen LogP contribution in [-0.2, 0) is 0 Å². The predicted molar refractivity (Wildman–Crippen MR) is 111 cm³/mol. The van der Waals surface area contributed by atoms with Gasteiger partial charge in [-0.3, -0.25) is 9.59 Å². The number of benzene rings is 1. The van der Waals surface area contributed by atoms with Gasteiger partial charge in [0.05, 0.1) is 36.5 Å². The fourth-order valence-corrected chi connectivity index (χ4v) is 4.09. The lowest BCUT2D eigenvalue weighted by Crippen LogP contribution is -2.24. The van der Waals surface area contributed by atoms with E-state index in [1.807, 2.05) is 17.5 Å². The van der Waals surface area contributed by atoms with E-state index >= 15 is 0 Å². The largest absolute Gasteiger partial charge is 0.493 e. The zero-order chi connectivity index (χ0) is 20.3. The number of hydrogen-bond acceptors (Lipinski definition) is 7. The molecule has 0 bridgehead atoms. The number of nitrogens with zero attached hydrogens (tertiary/aromatic N) is 2. The van der Waals surface area contributed by atoms with E-state index in [1.165, 1.54) is 36.7 Å². The second-order valence-corrected chi connectivity index (χ2v) is 7.89. The van der Waals surface area contributed by atoms with E-state index in [-0.39, 0.29) is 11.8 Å². The van der Waals surface area contributed by atoms with Crippen molar-refractivity contribution < 1.29 is 19.1 Å². The maximum Gasteiger partial charge on any atom is 0.267 e. The topological polar surface area (TPSA) is 80.8 Å². The quantitative estimate of drug-likeness (QED) is 0.659. The summed E-state index contributed by atoms with van der Waals surface area (Å²) in [6.07, 6.45) is 1.53. The number of carbonyl (C=O) groups excluding carboxylic acids is 2. The lowest BCUT2D eigenvalue weighted by Gasteiger charge is -2.17. The highest BCUT2D eigenvalue weighted by molar-refractivity contribution is 7.22. The molecule has 0 radical (unpaired) electrons. The van der Waals surface area contributed by atoms with E-state index in [4.69, 9.17) is 9.47 Å². The van der Waals surface area contributed by atoms with Crippen molar-refractivity contribution in [1.29, 1.82) is 0 Å². The lowest BCUT2D eigenvalue weighted by molar-refractivity contribution is 0.0828. The average Bonchev–Trinajstić information content (AvgIpc) is 3.38. The molecule has 2 heterocycles. The summed E-state index contributed by atoms with van der Waals surface area (Å²) >= 11 is 2.85. The Morgan fingerprint density at radius 2 is 1.86 bits per heavy atom. The van der Waals surface area contributed by atoms with Crippen molar-refractivity contribution in [3.05, 3.63) is 46.3 Å². The highest BCUT2D eigenvalue weighted by atomic mass is 32.1. The third kappa shape index (κ3) is 4.00. The van der Waals surface area contributed by atoms with Crippen LogP contribution in [0.25, 0.3) is 9.88 Å². The van der Waals surface area contributed by atoms with Gasteiger partial charge in [0.1, 0.15) is 9.88 Å². The molecule has 3 rings (SSSR count). The molecule has 0 aliphatic carbocycles. The van der Waals surface area contributed by atoms with Gasteiger partial charge < -0.3 is 19.7 Å². The smallest absolute Gasteiger partial charge is 0.267 e. The number of amides is 2. The van der Waals surface area contributed by atoms with Gasteiger partial charge in [-0.25, -0.2) is 4.98 Å². The molecule has 0 aliphatic heterocycles. The molecule has 28 heavy (non-hydrogen) atoms. The van der Waals surface area contributed by atoms with E-state index in [1.54, 1.807) is 37.6 Å². The second kappa shape index (κ2) is 8.41. The first kappa shape index (κ1) is 19.8. The van der Waals surface area contributed by atoms with Crippen molar-refractivity contribution in [3.63, 3.8) is 0 Å². The van der Waals surface area contributed by atoms with Crippen LogP contribution in [0.15, 0.2) is 35.8 Å². The molecule has 0 unspecified atom stereocenters. The number of nitrogens with one attached hydrogen (secondary N) is 1. The molecule has 0 saturated carbocycles. The minimum Gasteiger partial charge on any atom is -0.493 e. The van der Waals surface area contributed by atoms with Crippen molar-refractivity contribution in [3.8, 4) is 21.4 Å². The van der Waals surface area contributed by atoms with Crippen LogP contribution in [0.2, 0.25) is 0 Å².